The Morgan fingerprint density at radius 2 is 2.10 bits per heavy atom. The molecular weight excluding hydrogens is 326 g/mol. The highest BCUT2D eigenvalue weighted by Gasteiger charge is 2.19. The molecule has 0 saturated carbocycles. The number of aromatic nitrogens is 3. The first-order chi connectivity index (χ1) is 9.69. The van der Waals surface area contributed by atoms with Crippen LogP contribution in [0.3, 0.4) is 0 Å². The van der Waals surface area contributed by atoms with Crippen molar-refractivity contribution in [3.8, 4) is 0 Å². The van der Waals surface area contributed by atoms with E-state index in [1.165, 1.54) is 0 Å². The highest BCUT2D eigenvalue weighted by atomic mass is 79.9. The fraction of sp³-hybridized carbons (Fsp3) is 0.417. The van der Waals surface area contributed by atoms with Gasteiger partial charge in [0, 0.05) is 32.5 Å². The van der Waals surface area contributed by atoms with E-state index in [0.29, 0.717) is 29.2 Å². The van der Waals surface area contributed by atoms with Gasteiger partial charge in [-0.05, 0) is 15.9 Å². The Labute approximate surface area is 124 Å². The van der Waals surface area contributed by atoms with E-state index >= 15 is 0 Å². The van der Waals surface area contributed by atoms with Crippen molar-refractivity contribution < 1.29 is 9.53 Å². The molecule has 0 bridgehead atoms. The smallest absolute Gasteiger partial charge is 0.271 e. The van der Waals surface area contributed by atoms with Crippen LogP contribution in [0, 0.1) is 0 Å². The molecule has 1 saturated heterocycles. The van der Waals surface area contributed by atoms with Crippen LogP contribution in [0.25, 0.3) is 5.65 Å². The second-order valence-corrected chi connectivity index (χ2v) is 5.24. The van der Waals surface area contributed by atoms with Gasteiger partial charge in [0.25, 0.3) is 5.91 Å². The summed E-state index contributed by atoms with van der Waals surface area (Å²) >= 11 is 3.40. The van der Waals surface area contributed by atoms with Crippen molar-refractivity contribution in [2.24, 2.45) is 0 Å². The van der Waals surface area contributed by atoms with Crippen LogP contribution in [0.5, 0.6) is 0 Å². The van der Waals surface area contributed by atoms with Gasteiger partial charge < -0.3 is 19.4 Å². The topological polar surface area (TPSA) is 71.8 Å². The quantitative estimate of drug-likeness (QED) is 0.871. The number of hydrogen-bond donors (Lipinski definition) is 1. The average Bonchev–Trinajstić information content (AvgIpc) is 2.90. The highest BCUT2D eigenvalue weighted by Crippen LogP contribution is 2.22. The van der Waals surface area contributed by atoms with E-state index in [1.807, 2.05) is 4.40 Å². The molecule has 0 aliphatic carbocycles. The molecular formula is C12H14BrN5O2. The first-order valence-corrected chi connectivity index (χ1v) is 7.08. The number of halogens is 1. The maximum absolute atomic E-state index is 11.7. The number of fused-ring (bicyclic) bond motifs is 1. The normalized spacial score (nSPS) is 15.6. The number of morpholine rings is 1. The van der Waals surface area contributed by atoms with Gasteiger partial charge >= 0.3 is 0 Å². The Morgan fingerprint density at radius 3 is 2.80 bits per heavy atom. The molecule has 1 N–H and O–H groups in total. The second-order valence-electron chi connectivity index (χ2n) is 4.42. The summed E-state index contributed by atoms with van der Waals surface area (Å²) in [7, 11) is 1.59. The molecule has 1 aliphatic rings. The zero-order valence-corrected chi connectivity index (χ0v) is 12.6. The van der Waals surface area contributed by atoms with Gasteiger partial charge in [-0.2, -0.15) is 0 Å². The minimum absolute atomic E-state index is 0.210. The molecule has 1 amide bonds. The van der Waals surface area contributed by atoms with Crippen LogP contribution in [-0.2, 0) is 4.74 Å². The Hall–Kier alpha value is -1.67. The highest BCUT2D eigenvalue weighted by molar-refractivity contribution is 9.10. The van der Waals surface area contributed by atoms with E-state index in [2.05, 4.69) is 36.1 Å². The molecule has 3 rings (SSSR count). The van der Waals surface area contributed by atoms with Gasteiger partial charge in [-0.3, -0.25) is 4.79 Å². The fourth-order valence-electron chi connectivity index (χ4n) is 2.18. The average molecular weight is 340 g/mol. The molecule has 3 heterocycles. The molecule has 0 atom stereocenters. The summed E-state index contributed by atoms with van der Waals surface area (Å²) in [5.41, 5.74) is 1.05. The van der Waals surface area contributed by atoms with E-state index in [1.54, 1.807) is 19.4 Å². The Balaban J connectivity index is 2.10. The number of hydrogen-bond acceptors (Lipinski definition) is 5. The van der Waals surface area contributed by atoms with Crippen molar-refractivity contribution in [2.75, 3.05) is 38.3 Å². The third-order valence-electron chi connectivity index (χ3n) is 3.16. The lowest BCUT2D eigenvalue weighted by Crippen LogP contribution is -2.37. The van der Waals surface area contributed by atoms with Crippen LogP contribution in [0.4, 0.5) is 5.82 Å². The second kappa shape index (κ2) is 5.37. The van der Waals surface area contributed by atoms with Gasteiger partial charge in [-0.15, -0.1) is 0 Å². The number of ether oxygens (including phenoxy) is 1. The lowest BCUT2D eigenvalue weighted by molar-refractivity contribution is 0.0958. The van der Waals surface area contributed by atoms with Crippen molar-refractivity contribution in [3.05, 3.63) is 22.7 Å². The van der Waals surface area contributed by atoms with Crippen LogP contribution < -0.4 is 10.2 Å². The summed E-state index contributed by atoms with van der Waals surface area (Å²) in [4.78, 5) is 22.7. The van der Waals surface area contributed by atoms with Crippen LogP contribution in [0.2, 0.25) is 0 Å². The van der Waals surface area contributed by atoms with Crippen molar-refractivity contribution in [3.63, 3.8) is 0 Å². The molecule has 20 heavy (non-hydrogen) atoms. The number of anilines is 1. The number of carbonyl (C=O) groups excluding carboxylic acids is 1. The van der Waals surface area contributed by atoms with Gasteiger partial charge in [0.1, 0.15) is 10.3 Å². The minimum Gasteiger partial charge on any atom is -0.378 e. The zero-order valence-electron chi connectivity index (χ0n) is 11.0. The van der Waals surface area contributed by atoms with Gasteiger partial charge in [-0.1, -0.05) is 0 Å². The Morgan fingerprint density at radius 1 is 1.35 bits per heavy atom. The number of amides is 1. The van der Waals surface area contributed by atoms with Crippen LogP contribution >= 0.6 is 15.9 Å². The van der Waals surface area contributed by atoms with Crippen LogP contribution in [-0.4, -0.2) is 53.6 Å². The summed E-state index contributed by atoms with van der Waals surface area (Å²) < 4.78 is 7.87. The van der Waals surface area contributed by atoms with E-state index in [-0.39, 0.29) is 5.91 Å². The van der Waals surface area contributed by atoms with E-state index < -0.39 is 0 Å². The van der Waals surface area contributed by atoms with Gasteiger partial charge in [0.2, 0.25) is 0 Å². The molecule has 2 aromatic rings. The molecule has 0 spiro atoms. The summed E-state index contributed by atoms with van der Waals surface area (Å²) in [6.07, 6.45) is 3.49. The molecule has 2 aromatic heterocycles. The molecule has 1 aliphatic heterocycles. The molecule has 7 nitrogen and oxygen atoms in total. The van der Waals surface area contributed by atoms with E-state index in [4.69, 9.17) is 4.74 Å². The summed E-state index contributed by atoms with van der Waals surface area (Å²) in [6, 6.07) is 0. The van der Waals surface area contributed by atoms with E-state index in [9.17, 15) is 4.79 Å². The lowest BCUT2D eigenvalue weighted by Gasteiger charge is -2.27. The number of nitrogens with zero attached hydrogens (tertiary/aromatic N) is 4. The fourth-order valence-corrected chi connectivity index (χ4v) is 2.57. The predicted molar refractivity (Wildman–Crippen MR) is 77.1 cm³/mol. The lowest BCUT2D eigenvalue weighted by atomic mass is 10.4. The molecule has 1 fully saturated rings. The number of imidazole rings is 1. The maximum Gasteiger partial charge on any atom is 0.271 e. The van der Waals surface area contributed by atoms with Crippen LogP contribution in [0.15, 0.2) is 17.0 Å². The van der Waals surface area contributed by atoms with Crippen molar-refractivity contribution in [2.45, 2.75) is 0 Å². The summed E-state index contributed by atoms with van der Waals surface area (Å²) in [5.74, 6) is 0.551. The molecule has 0 unspecified atom stereocenters. The summed E-state index contributed by atoms with van der Waals surface area (Å²) in [6.45, 7) is 2.87. The molecule has 0 aromatic carbocycles. The number of rotatable bonds is 2. The summed E-state index contributed by atoms with van der Waals surface area (Å²) in [5, 5.41) is 2.58. The Kier molecular flexibility index (Phi) is 3.58. The molecule has 106 valence electrons. The molecule has 0 radical (unpaired) electrons. The largest absolute Gasteiger partial charge is 0.378 e. The number of nitrogens with one attached hydrogen (secondary N) is 1. The van der Waals surface area contributed by atoms with E-state index in [0.717, 1.165) is 18.9 Å². The van der Waals surface area contributed by atoms with Crippen molar-refractivity contribution in [1.82, 2.24) is 19.7 Å². The van der Waals surface area contributed by atoms with Crippen molar-refractivity contribution in [1.29, 1.82) is 0 Å². The first-order valence-electron chi connectivity index (χ1n) is 6.29. The predicted octanol–water partition coefficient (Wildman–Crippen LogP) is 0.688. The maximum atomic E-state index is 11.7. The number of carbonyl (C=O) groups is 1. The van der Waals surface area contributed by atoms with Gasteiger partial charge in [0.05, 0.1) is 13.2 Å². The first kappa shape index (κ1) is 13.3. The Bertz CT molecular complexity index is 651. The van der Waals surface area contributed by atoms with Crippen LogP contribution in [0.1, 0.15) is 10.5 Å². The minimum atomic E-state index is -0.210. The van der Waals surface area contributed by atoms with Gasteiger partial charge in [0.15, 0.2) is 11.5 Å². The molecule has 8 heteroatoms. The standard InChI is InChI=1S/C12H14BrN5O2/c1-14-12(19)8-6-18-7-9(13)16-11(10(18)15-8)17-2-4-20-5-3-17/h6-7H,2-5H2,1H3,(H,14,19). The third kappa shape index (κ3) is 2.36. The SMILES string of the molecule is CNC(=O)c1cn2cc(Br)nc(N3CCOCC3)c2n1. The van der Waals surface area contributed by atoms with Crippen molar-refractivity contribution >= 4 is 33.3 Å². The zero-order chi connectivity index (χ0) is 14.1. The monoisotopic (exact) mass is 339 g/mol. The third-order valence-corrected chi connectivity index (χ3v) is 3.54. The van der Waals surface area contributed by atoms with Gasteiger partial charge in [-0.25, -0.2) is 9.97 Å².